The highest BCUT2D eigenvalue weighted by Crippen LogP contribution is 2.34. The second kappa shape index (κ2) is 7.21. The Morgan fingerprint density at radius 3 is 2.57 bits per heavy atom. The van der Waals surface area contributed by atoms with Crippen molar-refractivity contribution in [3.8, 4) is 5.75 Å². The summed E-state index contributed by atoms with van der Waals surface area (Å²) in [6, 6.07) is 7.53. The van der Waals surface area contributed by atoms with E-state index in [-0.39, 0.29) is 18.2 Å². The molecule has 1 fully saturated rings. The van der Waals surface area contributed by atoms with Crippen LogP contribution in [0.1, 0.15) is 52.1 Å². The zero-order valence-electron chi connectivity index (χ0n) is 14.4. The highest BCUT2D eigenvalue weighted by molar-refractivity contribution is 5.67. The second-order valence-corrected chi connectivity index (χ2v) is 7.27. The molecule has 0 bridgehead atoms. The number of hydrogen-bond donors (Lipinski definition) is 3. The fourth-order valence-corrected chi connectivity index (χ4v) is 2.63. The minimum absolute atomic E-state index is 0.0160. The molecule has 128 valence electrons. The number of amides is 1. The summed E-state index contributed by atoms with van der Waals surface area (Å²) in [7, 11) is 0. The second-order valence-electron chi connectivity index (χ2n) is 7.27. The smallest absolute Gasteiger partial charge is 0.407 e. The summed E-state index contributed by atoms with van der Waals surface area (Å²) in [5.74, 6) is 0.861. The van der Waals surface area contributed by atoms with Crippen molar-refractivity contribution in [3.63, 3.8) is 0 Å². The van der Waals surface area contributed by atoms with E-state index in [0.29, 0.717) is 18.2 Å². The SMILES string of the molecule is CC(NC(CNC(=O)OC(C)(C)C)C1CC1)c1ccccc1O. The summed E-state index contributed by atoms with van der Waals surface area (Å²) < 4.78 is 5.28. The number of rotatable bonds is 6. The number of carbonyl (C=O) groups excluding carboxylic acids is 1. The van der Waals surface area contributed by atoms with E-state index in [9.17, 15) is 9.90 Å². The predicted molar refractivity (Wildman–Crippen MR) is 90.4 cm³/mol. The van der Waals surface area contributed by atoms with Gasteiger partial charge in [-0.3, -0.25) is 0 Å². The fourth-order valence-electron chi connectivity index (χ4n) is 2.63. The van der Waals surface area contributed by atoms with Crippen LogP contribution >= 0.6 is 0 Å². The number of alkyl carbamates (subject to hydrolysis) is 1. The summed E-state index contributed by atoms with van der Waals surface area (Å²) in [6.45, 7) is 8.10. The van der Waals surface area contributed by atoms with E-state index >= 15 is 0 Å². The summed E-state index contributed by atoms with van der Waals surface area (Å²) in [6.07, 6.45) is 1.95. The summed E-state index contributed by atoms with van der Waals surface area (Å²) in [5.41, 5.74) is 0.380. The van der Waals surface area contributed by atoms with Crippen molar-refractivity contribution in [2.24, 2.45) is 5.92 Å². The molecule has 0 aromatic heterocycles. The third kappa shape index (κ3) is 5.75. The van der Waals surface area contributed by atoms with Gasteiger partial charge >= 0.3 is 6.09 Å². The maximum absolute atomic E-state index is 11.8. The van der Waals surface area contributed by atoms with Crippen LogP contribution in [0.3, 0.4) is 0 Å². The summed E-state index contributed by atoms with van der Waals surface area (Å²) >= 11 is 0. The van der Waals surface area contributed by atoms with Gasteiger partial charge in [-0.1, -0.05) is 18.2 Å². The van der Waals surface area contributed by atoms with Crippen LogP contribution in [-0.4, -0.2) is 29.4 Å². The van der Waals surface area contributed by atoms with Crippen molar-refractivity contribution >= 4 is 6.09 Å². The lowest BCUT2D eigenvalue weighted by atomic mass is 10.0. The van der Waals surface area contributed by atoms with Crippen LogP contribution in [0.15, 0.2) is 24.3 Å². The van der Waals surface area contributed by atoms with Gasteiger partial charge in [-0.05, 0) is 52.5 Å². The standard InChI is InChI=1S/C18H28N2O3/c1-12(14-7-5-6-8-16(14)21)20-15(13-9-10-13)11-19-17(22)23-18(2,3)4/h5-8,12-13,15,20-21H,9-11H2,1-4H3,(H,19,22). The van der Waals surface area contributed by atoms with Gasteiger partial charge in [0.1, 0.15) is 11.4 Å². The van der Waals surface area contributed by atoms with E-state index in [2.05, 4.69) is 10.6 Å². The van der Waals surface area contributed by atoms with Gasteiger partial charge in [0.25, 0.3) is 0 Å². The number of phenols is 1. The Balaban J connectivity index is 1.89. The zero-order valence-corrected chi connectivity index (χ0v) is 14.4. The lowest BCUT2D eigenvalue weighted by Crippen LogP contribution is -2.44. The lowest BCUT2D eigenvalue weighted by molar-refractivity contribution is 0.0520. The third-order valence-corrected chi connectivity index (χ3v) is 3.92. The molecule has 0 heterocycles. The molecule has 0 saturated heterocycles. The van der Waals surface area contributed by atoms with E-state index in [1.165, 1.54) is 12.8 Å². The molecule has 5 nitrogen and oxygen atoms in total. The van der Waals surface area contributed by atoms with Gasteiger partial charge < -0.3 is 20.5 Å². The van der Waals surface area contributed by atoms with Crippen LogP contribution in [0.2, 0.25) is 0 Å². The first kappa shape index (κ1) is 17.6. The van der Waals surface area contributed by atoms with E-state index < -0.39 is 5.60 Å². The number of nitrogens with one attached hydrogen (secondary N) is 2. The van der Waals surface area contributed by atoms with Crippen molar-refractivity contribution in [3.05, 3.63) is 29.8 Å². The van der Waals surface area contributed by atoms with Gasteiger partial charge in [-0.15, -0.1) is 0 Å². The molecule has 2 atom stereocenters. The van der Waals surface area contributed by atoms with Crippen molar-refractivity contribution in [2.45, 2.75) is 58.2 Å². The van der Waals surface area contributed by atoms with Gasteiger partial charge in [-0.2, -0.15) is 0 Å². The molecule has 1 aliphatic carbocycles. The Hall–Kier alpha value is -1.75. The third-order valence-electron chi connectivity index (χ3n) is 3.92. The molecule has 3 N–H and O–H groups in total. The molecule has 0 radical (unpaired) electrons. The van der Waals surface area contributed by atoms with Gasteiger partial charge in [0, 0.05) is 24.2 Å². The highest BCUT2D eigenvalue weighted by atomic mass is 16.6. The Bertz CT molecular complexity index is 535. The normalized spacial score (nSPS) is 17.4. The first-order valence-electron chi connectivity index (χ1n) is 8.27. The Morgan fingerprint density at radius 2 is 2.00 bits per heavy atom. The monoisotopic (exact) mass is 320 g/mol. The molecule has 23 heavy (non-hydrogen) atoms. The lowest BCUT2D eigenvalue weighted by Gasteiger charge is -2.25. The molecule has 0 spiro atoms. The van der Waals surface area contributed by atoms with Crippen LogP contribution in [0.25, 0.3) is 0 Å². The van der Waals surface area contributed by atoms with Gasteiger partial charge in [0.05, 0.1) is 0 Å². The molecule has 1 saturated carbocycles. The summed E-state index contributed by atoms with van der Waals surface area (Å²) in [5, 5.41) is 16.3. The van der Waals surface area contributed by atoms with Crippen LogP contribution < -0.4 is 10.6 Å². The molecule has 5 heteroatoms. The fraction of sp³-hybridized carbons (Fsp3) is 0.611. The molecule has 2 rings (SSSR count). The largest absolute Gasteiger partial charge is 0.508 e. The van der Waals surface area contributed by atoms with Crippen molar-refractivity contribution in [1.82, 2.24) is 10.6 Å². The molecular weight excluding hydrogens is 292 g/mol. The van der Waals surface area contributed by atoms with Gasteiger partial charge in [0.2, 0.25) is 0 Å². The average Bonchev–Trinajstić information content (AvgIpc) is 3.26. The van der Waals surface area contributed by atoms with E-state index in [1.54, 1.807) is 6.07 Å². The van der Waals surface area contributed by atoms with Crippen molar-refractivity contribution in [1.29, 1.82) is 0 Å². The number of aromatic hydroxyl groups is 1. The molecular formula is C18H28N2O3. The molecule has 2 unspecified atom stereocenters. The van der Waals surface area contributed by atoms with Gasteiger partial charge in [-0.25, -0.2) is 4.79 Å². The molecule has 1 aromatic carbocycles. The number of para-hydroxylation sites is 1. The van der Waals surface area contributed by atoms with Crippen molar-refractivity contribution < 1.29 is 14.6 Å². The molecule has 0 aliphatic heterocycles. The number of phenolic OH excluding ortho intramolecular Hbond substituents is 1. The highest BCUT2D eigenvalue weighted by Gasteiger charge is 2.33. The average molecular weight is 320 g/mol. The number of hydrogen-bond acceptors (Lipinski definition) is 4. The number of carbonyl (C=O) groups is 1. The van der Waals surface area contributed by atoms with Crippen LogP contribution in [0, 0.1) is 5.92 Å². The van der Waals surface area contributed by atoms with E-state index in [4.69, 9.17) is 4.74 Å². The topological polar surface area (TPSA) is 70.6 Å². The number of ether oxygens (including phenoxy) is 1. The van der Waals surface area contributed by atoms with Crippen LogP contribution in [0.5, 0.6) is 5.75 Å². The molecule has 1 aliphatic rings. The Kier molecular flexibility index (Phi) is 5.52. The first-order chi connectivity index (χ1) is 10.8. The number of benzene rings is 1. The maximum atomic E-state index is 11.8. The maximum Gasteiger partial charge on any atom is 0.407 e. The molecule has 1 aromatic rings. The minimum atomic E-state index is -0.490. The summed E-state index contributed by atoms with van der Waals surface area (Å²) in [4.78, 5) is 11.8. The van der Waals surface area contributed by atoms with Crippen LogP contribution in [-0.2, 0) is 4.74 Å². The van der Waals surface area contributed by atoms with E-state index in [0.717, 1.165) is 5.56 Å². The van der Waals surface area contributed by atoms with E-state index in [1.807, 2.05) is 45.9 Å². The van der Waals surface area contributed by atoms with Crippen LogP contribution in [0.4, 0.5) is 4.79 Å². The Morgan fingerprint density at radius 1 is 1.35 bits per heavy atom. The predicted octanol–water partition coefficient (Wildman–Crippen LogP) is 3.35. The quantitative estimate of drug-likeness (QED) is 0.752. The van der Waals surface area contributed by atoms with Crippen molar-refractivity contribution in [2.75, 3.05) is 6.54 Å². The minimum Gasteiger partial charge on any atom is -0.508 e. The first-order valence-corrected chi connectivity index (χ1v) is 8.27. The molecule has 1 amide bonds. The zero-order chi connectivity index (χ0) is 17.0. The Labute approximate surface area is 138 Å². The van der Waals surface area contributed by atoms with Gasteiger partial charge in [0.15, 0.2) is 0 Å².